The standard InChI is InChI=1S/C34H48O13/c1-9-10-11-12-13-14-24(39)46-25-18(2)17-23-34(33(8,47-34)30(40)45-23)29(44-21(5)37)27-31(6,16-15-22(38)32(27,7)41)28(43-20(4)36)26(25)42-19(3)35/h15-17,22-23,25-29,38,41H,9-14H2,1-8H3/b18-17-/t22-,23+,25+,26-,27-,28+,29+,31+,32-,33+,34+/m1/s1. The second-order valence-electron chi connectivity index (χ2n) is 13.7. The number of carbonyl (C=O) groups excluding carboxylic acids is 5. The molecular weight excluding hydrogens is 616 g/mol. The first-order valence-electron chi connectivity index (χ1n) is 16.3. The van der Waals surface area contributed by atoms with Crippen molar-refractivity contribution in [2.75, 3.05) is 0 Å². The minimum Gasteiger partial charge on any atom is -0.459 e. The van der Waals surface area contributed by atoms with Crippen LogP contribution in [0.25, 0.3) is 0 Å². The van der Waals surface area contributed by atoms with Crippen LogP contribution in [0, 0.1) is 11.3 Å². The van der Waals surface area contributed by atoms with E-state index in [1.165, 1.54) is 32.1 Å². The molecule has 13 heteroatoms. The summed E-state index contributed by atoms with van der Waals surface area (Å²) in [7, 11) is 0. The number of aliphatic hydroxyl groups is 2. The van der Waals surface area contributed by atoms with Gasteiger partial charge in [-0.3, -0.25) is 19.2 Å². The van der Waals surface area contributed by atoms with Crippen LogP contribution >= 0.6 is 0 Å². The Balaban J connectivity index is 1.98. The molecule has 0 bridgehead atoms. The SMILES string of the molecule is CCCCCCCC(=O)O[C@H]1/C(C)=C\[C@@H]2OC(=O)[C@]3(C)O[C@]23[C@@H](OC(C)=O)[C@H]2[C@](C)(O)[C@H](O)C=C[C@]2(C)[C@@H](OC(C)=O)[C@@H]1OC(C)=O. The van der Waals surface area contributed by atoms with Crippen LogP contribution in [0.2, 0.25) is 0 Å². The van der Waals surface area contributed by atoms with Crippen molar-refractivity contribution in [1.29, 1.82) is 0 Å². The number of aliphatic hydroxyl groups excluding tert-OH is 1. The minimum atomic E-state index is -2.12. The highest BCUT2D eigenvalue weighted by Gasteiger charge is 2.88. The summed E-state index contributed by atoms with van der Waals surface area (Å²) in [6.45, 7) is 11.5. The number of carbonyl (C=O) groups is 5. The van der Waals surface area contributed by atoms with Crippen LogP contribution in [-0.2, 0) is 52.4 Å². The largest absolute Gasteiger partial charge is 0.459 e. The highest BCUT2D eigenvalue weighted by atomic mass is 16.7. The molecule has 2 N–H and O–H groups in total. The van der Waals surface area contributed by atoms with Crippen molar-refractivity contribution in [3.63, 3.8) is 0 Å². The zero-order valence-electron chi connectivity index (χ0n) is 28.4. The Morgan fingerprint density at radius 2 is 1.49 bits per heavy atom. The van der Waals surface area contributed by atoms with Crippen molar-refractivity contribution >= 4 is 29.8 Å². The lowest BCUT2D eigenvalue weighted by molar-refractivity contribution is -0.230. The van der Waals surface area contributed by atoms with Crippen molar-refractivity contribution < 1.29 is 62.6 Å². The van der Waals surface area contributed by atoms with Crippen molar-refractivity contribution in [2.24, 2.45) is 11.3 Å². The van der Waals surface area contributed by atoms with Gasteiger partial charge in [0.15, 0.2) is 35.6 Å². The van der Waals surface area contributed by atoms with Crippen LogP contribution in [0.15, 0.2) is 23.8 Å². The van der Waals surface area contributed by atoms with Crippen molar-refractivity contribution in [3.8, 4) is 0 Å². The van der Waals surface area contributed by atoms with Crippen LogP contribution in [0.1, 0.15) is 93.9 Å². The zero-order valence-corrected chi connectivity index (χ0v) is 28.4. The van der Waals surface area contributed by atoms with E-state index in [9.17, 15) is 34.2 Å². The first-order chi connectivity index (χ1) is 21.9. The topological polar surface area (TPSA) is 184 Å². The third-order valence-electron chi connectivity index (χ3n) is 10.1. The van der Waals surface area contributed by atoms with E-state index < -0.39 is 94.6 Å². The molecule has 47 heavy (non-hydrogen) atoms. The van der Waals surface area contributed by atoms with Crippen molar-refractivity contribution in [1.82, 2.24) is 0 Å². The summed E-state index contributed by atoms with van der Waals surface area (Å²) in [5, 5.41) is 23.2. The van der Waals surface area contributed by atoms with Crippen molar-refractivity contribution in [3.05, 3.63) is 23.8 Å². The Kier molecular flexibility index (Phi) is 10.4. The molecule has 0 radical (unpaired) electrons. The Morgan fingerprint density at radius 3 is 2.06 bits per heavy atom. The molecule has 2 saturated heterocycles. The molecule has 2 heterocycles. The van der Waals surface area contributed by atoms with E-state index in [0.717, 1.165) is 46.5 Å². The van der Waals surface area contributed by atoms with Gasteiger partial charge in [0.1, 0.15) is 12.2 Å². The van der Waals surface area contributed by atoms with E-state index in [-0.39, 0.29) is 12.0 Å². The Bertz CT molecular complexity index is 1330. The maximum Gasteiger partial charge on any atom is 0.342 e. The molecule has 2 fully saturated rings. The summed E-state index contributed by atoms with van der Waals surface area (Å²) < 4.78 is 35.6. The highest BCUT2D eigenvalue weighted by molar-refractivity contribution is 5.89. The van der Waals surface area contributed by atoms with E-state index in [1.54, 1.807) is 13.8 Å². The van der Waals surface area contributed by atoms with E-state index in [4.69, 9.17) is 28.4 Å². The van der Waals surface area contributed by atoms with Gasteiger partial charge in [-0.05, 0) is 38.8 Å². The number of unbranched alkanes of at least 4 members (excludes halogenated alkanes) is 4. The van der Waals surface area contributed by atoms with E-state index >= 15 is 0 Å². The van der Waals surface area contributed by atoms with Gasteiger partial charge in [0, 0.05) is 38.5 Å². The van der Waals surface area contributed by atoms with Gasteiger partial charge in [-0.25, -0.2) is 4.79 Å². The minimum absolute atomic E-state index is 0.0667. The molecule has 0 aromatic heterocycles. The van der Waals surface area contributed by atoms with Gasteiger partial charge in [-0.2, -0.15) is 0 Å². The summed E-state index contributed by atoms with van der Waals surface area (Å²) in [5.41, 5.74) is -6.81. The van der Waals surface area contributed by atoms with Crippen LogP contribution in [0.4, 0.5) is 0 Å². The molecule has 2 aliphatic carbocycles. The molecule has 0 amide bonds. The Morgan fingerprint density at radius 1 is 0.894 bits per heavy atom. The lowest BCUT2D eigenvalue weighted by Crippen LogP contribution is -2.69. The first kappa shape index (κ1) is 36.5. The normalized spacial score (nSPS) is 41.5. The second-order valence-corrected chi connectivity index (χ2v) is 13.7. The van der Waals surface area contributed by atoms with E-state index in [0.29, 0.717) is 6.42 Å². The monoisotopic (exact) mass is 664 g/mol. The fourth-order valence-corrected chi connectivity index (χ4v) is 7.73. The van der Waals surface area contributed by atoms with Gasteiger partial charge in [-0.15, -0.1) is 0 Å². The number of ether oxygens (including phenoxy) is 6. The smallest absolute Gasteiger partial charge is 0.342 e. The fourth-order valence-electron chi connectivity index (χ4n) is 7.73. The molecule has 0 unspecified atom stereocenters. The number of rotatable bonds is 10. The molecule has 262 valence electrons. The summed E-state index contributed by atoms with van der Waals surface area (Å²) in [5.74, 6) is -5.11. The van der Waals surface area contributed by atoms with Crippen LogP contribution in [0.3, 0.4) is 0 Å². The average molecular weight is 665 g/mol. The zero-order chi connectivity index (χ0) is 35.1. The molecule has 0 aromatic rings. The van der Waals surface area contributed by atoms with Gasteiger partial charge in [0.2, 0.25) is 0 Å². The molecule has 11 atom stereocenters. The Labute approximate surface area is 274 Å². The maximum atomic E-state index is 13.3. The highest BCUT2D eigenvalue weighted by Crippen LogP contribution is 2.65. The van der Waals surface area contributed by atoms with E-state index in [2.05, 4.69) is 6.92 Å². The van der Waals surface area contributed by atoms with E-state index in [1.807, 2.05) is 0 Å². The van der Waals surface area contributed by atoms with Crippen molar-refractivity contribution in [2.45, 2.75) is 147 Å². The molecule has 4 aliphatic rings. The molecule has 1 spiro atoms. The van der Waals surface area contributed by atoms with Gasteiger partial charge >= 0.3 is 29.8 Å². The fraction of sp³-hybridized carbons (Fsp3) is 0.735. The number of epoxide rings is 1. The summed E-state index contributed by atoms with van der Waals surface area (Å²) in [6.07, 6.45) is 0.0981. The molecule has 13 nitrogen and oxygen atoms in total. The predicted octanol–water partition coefficient (Wildman–Crippen LogP) is 2.77. The number of esters is 5. The number of fused-ring (bicyclic) bond motifs is 1. The average Bonchev–Trinajstić information content (AvgIpc) is 3.55. The van der Waals surface area contributed by atoms with Crippen LogP contribution < -0.4 is 0 Å². The molecule has 4 rings (SSSR count). The third kappa shape index (κ3) is 6.46. The molecular formula is C34H48O13. The first-order valence-corrected chi connectivity index (χ1v) is 16.3. The van der Waals surface area contributed by atoms with Gasteiger partial charge < -0.3 is 38.6 Å². The number of hydrogen-bond acceptors (Lipinski definition) is 13. The summed E-state index contributed by atoms with van der Waals surface area (Å²) >= 11 is 0. The van der Waals surface area contributed by atoms with Gasteiger partial charge in [0.05, 0.1) is 5.60 Å². The lowest BCUT2D eigenvalue weighted by atomic mass is 9.55. The van der Waals surface area contributed by atoms with Gasteiger partial charge in [-0.1, -0.05) is 51.7 Å². The van der Waals surface area contributed by atoms with Crippen LogP contribution in [-0.4, -0.2) is 93.5 Å². The quantitative estimate of drug-likeness (QED) is 0.114. The molecule has 2 aliphatic heterocycles. The number of hydrogen-bond donors (Lipinski definition) is 2. The second kappa shape index (κ2) is 13.3. The van der Waals surface area contributed by atoms with Crippen LogP contribution in [0.5, 0.6) is 0 Å². The lowest BCUT2D eigenvalue weighted by Gasteiger charge is -2.55. The predicted molar refractivity (Wildman–Crippen MR) is 163 cm³/mol. The van der Waals surface area contributed by atoms with Gasteiger partial charge in [0.25, 0.3) is 0 Å². The molecule has 0 saturated carbocycles. The maximum absolute atomic E-state index is 13.3. The summed E-state index contributed by atoms with van der Waals surface area (Å²) in [6, 6.07) is 0. The third-order valence-corrected chi connectivity index (χ3v) is 10.1. The summed E-state index contributed by atoms with van der Waals surface area (Å²) in [4.78, 5) is 64.8. The Hall–Kier alpha value is -3.29. The molecule has 0 aromatic carbocycles.